The van der Waals surface area contributed by atoms with Crippen LogP contribution in [0.4, 0.5) is 0 Å². The minimum Gasteiger partial charge on any atom is -0.376 e. The second kappa shape index (κ2) is 7.70. The SMILES string of the molecule is O=C(C1CCNCC1)N(Cc1ccccn1)C[C@@H]1CCCO1. The van der Waals surface area contributed by atoms with Crippen molar-refractivity contribution in [2.45, 2.75) is 38.3 Å². The van der Waals surface area contributed by atoms with Gasteiger partial charge in [-0.05, 0) is 50.9 Å². The Bertz CT molecular complexity index is 468. The van der Waals surface area contributed by atoms with Crippen molar-refractivity contribution in [3.8, 4) is 0 Å². The molecule has 22 heavy (non-hydrogen) atoms. The second-order valence-electron chi connectivity index (χ2n) is 6.20. The van der Waals surface area contributed by atoms with Crippen LogP contribution in [0.15, 0.2) is 24.4 Å². The summed E-state index contributed by atoms with van der Waals surface area (Å²) in [6.07, 6.45) is 6.00. The zero-order valence-corrected chi connectivity index (χ0v) is 13.0. The van der Waals surface area contributed by atoms with Crippen molar-refractivity contribution in [2.24, 2.45) is 5.92 Å². The molecule has 0 saturated carbocycles. The van der Waals surface area contributed by atoms with Crippen LogP contribution in [0.5, 0.6) is 0 Å². The predicted molar refractivity (Wildman–Crippen MR) is 84.2 cm³/mol. The molecule has 2 aliphatic rings. The molecule has 2 saturated heterocycles. The van der Waals surface area contributed by atoms with Crippen LogP contribution in [0.25, 0.3) is 0 Å². The Labute approximate surface area is 132 Å². The van der Waals surface area contributed by atoms with Gasteiger partial charge in [0.05, 0.1) is 18.3 Å². The topological polar surface area (TPSA) is 54.5 Å². The van der Waals surface area contributed by atoms with Crippen LogP contribution in [0.3, 0.4) is 0 Å². The lowest BCUT2D eigenvalue weighted by molar-refractivity contribution is -0.138. The number of nitrogens with zero attached hydrogens (tertiary/aromatic N) is 2. The Morgan fingerprint density at radius 2 is 2.18 bits per heavy atom. The van der Waals surface area contributed by atoms with Crippen molar-refractivity contribution in [1.29, 1.82) is 0 Å². The Morgan fingerprint density at radius 1 is 1.32 bits per heavy atom. The summed E-state index contributed by atoms with van der Waals surface area (Å²) >= 11 is 0. The lowest BCUT2D eigenvalue weighted by atomic mass is 9.96. The molecule has 0 unspecified atom stereocenters. The van der Waals surface area contributed by atoms with Gasteiger partial charge in [-0.2, -0.15) is 0 Å². The molecular weight excluding hydrogens is 278 g/mol. The van der Waals surface area contributed by atoms with Gasteiger partial charge in [0.2, 0.25) is 5.91 Å². The van der Waals surface area contributed by atoms with Gasteiger partial charge in [0, 0.05) is 25.3 Å². The molecule has 3 rings (SSSR count). The van der Waals surface area contributed by atoms with Gasteiger partial charge in [-0.15, -0.1) is 0 Å². The van der Waals surface area contributed by atoms with Crippen LogP contribution >= 0.6 is 0 Å². The first-order chi connectivity index (χ1) is 10.8. The smallest absolute Gasteiger partial charge is 0.226 e. The molecule has 0 aliphatic carbocycles. The molecule has 2 fully saturated rings. The number of amides is 1. The highest BCUT2D eigenvalue weighted by atomic mass is 16.5. The van der Waals surface area contributed by atoms with Gasteiger partial charge >= 0.3 is 0 Å². The van der Waals surface area contributed by atoms with E-state index in [0.29, 0.717) is 13.1 Å². The van der Waals surface area contributed by atoms with Crippen molar-refractivity contribution >= 4 is 5.91 Å². The third kappa shape index (κ3) is 4.05. The van der Waals surface area contributed by atoms with E-state index in [2.05, 4.69) is 10.3 Å². The summed E-state index contributed by atoms with van der Waals surface area (Å²) < 4.78 is 5.73. The molecule has 120 valence electrons. The highest BCUT2D eigenvalue weighted by molar-refractivity contribution is 5.79. The maximum absolute atomic E-state index is 12.9. The monoisotopic (exact) mass is 303 g/mol. The van der Waals surface area contributed by atoms with Crippen LogP contribution in [0.1, 0.15) is 31.4 Å². The summed E-state index contributed by atoms with van der Waals surface area (Å²) in [6.45, 7) is 3.98. The molecule has 0 aromatic carbocycles. The van der Waals surface area contributed by atoms with Gasteiger partial charge in [0.15, 0.2) is 0 Å². The van der Waals surface area contributed by atoms with Crippen LogP contribution < -0.4 is 5.32 Å². The van der Waals surface area contributed by atoms with Crippen molar-refractivity contribution in [3.63, 3.8) is 0 Å². The van der Waals surface area contributed by atoms with E-state index in [9.17, 15) is 4.79 Å². The largest absolute Gasteiger partial charge is 0.376 e. The molecular formula is C17H25N3O2. The molecule has 5 nitrogen and oxygen atoms in total. The normalized spacial score (nSPS) is 22.6. The van der Waals surface area contributed by atoms with E-state index in [1.165, 1.54) is 0 Å². The molecule has 0 spiro atoms. The van der Waals surface area contributed by atoms with Crippen LogP contribution in [0, 0.1) is 5.92 Å². The summed E-state index contributed by atoms with van der Waals surface area (Å²) in [7, 11) is 0. The number of pyridine rings is 1. The average molecular weight is 303 g/mol. The molecule has 0 radical (unpaired) electrons. The first-order valence-corrected chi connectivity index (χ1v) is 8.34. The van der Waals surface area contributed by atoms with Gasteiger partial charge in [-0.1, -0.05) is 6.07 Å². The first kappa shape index (κ1) is 15.4. The summed E-state index contributed by atoms with van der Waals surface area (Å²) in [5, 5.41) is 3.32. The van der Waals surface area contributed by atoms with E-state index in [1.807, 2.05) is 23.1 Å². The Hall–Kier alpha value is -1.46. The number of aromatic nitrogens is 1. The number of rotatable bonds is 5. The number of hydrogen-bond acceptors (Lipinski definition) is 4. The van der Waals surface area contributed by atoms with Crippen LogP contribution in [-0.2, 0) is 16.1 Å². The fourth-order valence-corrected chi connectivity index (χ4v) is 3.28. The van der Waals surface area contributed by atoms with E-state index < -0.39 is 0 Å². The Kier molecular flexibility index (Phi) is 5.40. The standard InChI is InChI=1S/C17H25N3O2/c21-17(14-6-9-18-10-7-14)20(13-16-5-3-11-22-16)12-15-4-1-2-8-19-15/h1-2,4,8,14,16,18H,3,5-7,9-13H2/t16-/m0/s1. The minimum absolute atomic E-state index is 0.145. The number of nitrogens with one attached hydrogen (secondary N) is 1. The zero-order valence-electron chi connectivity index (χ0n) is 13.0. The summed E-state index contributed by atoms with van der Waals surface area (Å²) in [5.41, 5.74) is 0.947. The van der Waals surface area contributed by atoms with Gasteiger partial charge in [0.25, 0.3) is 0 Å². The number of carbonyl (C=O) groups is 1. The molecule has 5 heteroatoms. The van der Waals surface area contributed by atoms with E-state index in [4.69, 9.17) is 4.74 Å². The lowest BCUT2D eigenvalue weighted by Crippen LogP contribution is -2.43. The quantitative estimate of drug-likeness (QED) is 0.897. The number of ether oxygens (including phenoxy) is 1. The van der Waals surface area contributed by atoms with E-state index in [-0.39, 0.29) is 17.9 Å². The van der Waals surface area contributed by atoms with E-state index in [1.54, 1.807) is 6.20 Å². The van der Waals surface area contributed by atoms with Crippen LogP contribution in [-0.4, -0.2) is 48.1 Å². The van der Waals surface area contributed by atoms with Crippen molar-refractivity contribution < 1.29 is 9.53 Å². The first-order valence-electron chi connectivity index (χ1n) is 8.34. The lowest BCUT2D eigenvalue weighted by Gasteiger charge is -2.31. The van der Waals surface area contributed by atoms with Crippen molar-refractivity contribution in [3.05, 3.63) is 30.1 Å². The maximum atomic E-state index is 12.9. The van der Waals surface area contributed by atoms with Crippen LogP contribution in [0.2, 0.25) is 0 Å². The van der Waals surface area contributed by atoms with Gasteiger partial charge in [0.1, 0.15) is 0 Å². The minimum atomic E-state index is 0.145. The number of carbonyl (C=O) groups excluding carboxylic acids is 1. The zero-order chi connectivity index (χ0) is 15.2. The number of hydrogen-bond donors (Lipinski definition) is 1. The number of piperidine rings is 1. The maximum Gasteiger partial charge on any atom is 0.226 e. The van der Waals surface area contributed by atoms with Gasteiger partial charge in [-0.25, -0.2) is 0 Å². The molecule has 3 heterocycles. The molecule has 1 atom stereocenters. The fraction of sp³-hybridized carbons (Fsp3) is 0.647. The molecule has 1 aromatic heterocycles. The van der Waals surface area contributed by atoms with Crippen molar-refractivity contribution in [2.75, 3.05) is 26.2 Å². The van der Waals surface area contributed by atoms with E-state index in [0.717, 1.165) is 51.1 Å². The van der Waals surface area contributed by atoms with Gasteiger partial charge in [-0.3, -0.25) is 9.78 Å². The molecule has 1 N–H and O–H groups in total. The highest BCUT2D eigenvalue weighted by Gasteiger charge is 2.29. The summed E-state index contributed by atoms with van der Waals surface area (Å²) in [6, 6.07) is 5.86. The fourth-order valence-electron chi connectivity index (χ4n) is 3.28. The molecule has 2 aliphatic heterocycles. The summed E-state index contributed by atoms with van der Waals surface area (Å²) in [4.78, 5) is 19.2. The highest BCUT2D eigenvalue weighted by Crippen LogP contribution is 2.20. The molecule has 0 bridgehead atoms. The van der Waals surface area contributed by atoms with E-state index >= 15 is 0 Å². The third-order valence-electron chi connectivity index (χ3n) is 4.53. The second-order valence-corrected chi connectivity index (χ2v) is 6.20. The molecule has 1 amide bonds. The van der Waals surface area contributed by atoms with Crippen molar-refractivity contribution in [1.82, 2.24) is 15.2 Å². The average Bonchev–Trinajstić information content (AvgIpc) is 3.08. The van der Waals surface area contributed by atoms with Gasteiger partial charge < -0.3 is 15.0 Å². The predicted octanol–water partition coefficient (Wildman–Crippen LogP) is 1.59. The third-order valence-corrected chi connectivity index (χ3v) is 4.53. The Morgan fingerprint density at radius 3 is 2.86 bits per heavy atom. The molecule has 1 aromatic rings. The summed E-state index contributed by atoms with van der Waals surface area (Å²) in [5.74, 6) is 0.411. The Balaban J connectivity index is 1.67.